The Kier molecular flexibility index (Phi) is 6.20. The standard InChI is InChI=1S/C23H21ClN4O4S/c1-15(29)26-23(25)16-3-7-20(8-4-16)28-11-10-27(14-22(28)30)33(31,32)21-9-5-17-12-19(24)6-2-18(17)13-21/h2-9,12-13H,10-11,14H2,1H3,(H2,25,26,29). The van der Waals surface area contributed by atoms with Crippen molar-refractivity contribution in [1.29, 1.82) is 0 Å². The number of piperazine rings is 1. The molecule has 0 saturated carbocycles. The number of amides is 2. The highest BCUT2D eigenvalue weighted by Gasteiger charge is 2.33. The van der Waals surface area contributed by atoms with Crippen LogP contribution in [0.25, 0.3) is 10.8 Å². The molecule has 3 aromatic rings. The quantitative estimate of drug-likeness (QED) is 0.452. The Morgan fingerprint density at radius 3 is 2.33 bits per heavy atom. The second-order valence-corrected chi connectivity index (χ2v) is 9.97. The van der Waals surface area contributed by atoms with E-state index < -0.39 is 15.9 Å². The summed E-state index contributed by atoms with van der Waals surface area (Å²) in [5.74, 6) is -0.649. The van der Waals surface area contributed by atoms with Gasteiger partial charge in [-0.25, -0.2) is 8.42 Å². The van der Waals surface area contributed by atoms with Crippen LogP contribution in [-0.4, -0.2) is 50.0 Å². The molecule has 0 unspecified atom stereocenters. The number of nitrogens with two attached hydrogens (primary N) is 1. The number of fused-ring (bicyclic) bond motifs is 1. The van der Waals surface area contributed by atoms with Gasteiger partial charge in [-0.3, -0.25) is 9.59 Å². The van der Waals surface area contributed by atoms with E-state index in [1.807, 2.05) is 0 Å². The summed E-state index contributed by atoms with van der Waals surface area (Å²) in [4.78, 5) is 29.2. The van der Waals surface area contributed by atoms with Crippen LogP contribution in [0, 0.1) is 0 Å². The van der Waals surface area contributed by atoms with E-state index in [0.717, 1.165) is 10.8 Å². The fourth-order valence-corrected chi connectivity index (χ4v) is 5.28. The van der Waals surface area contributed by atoms with E-state index in [0.29, 0.717) is 16.3 Å². The molecule has 0 aliphatic carbocycles. The van der Waals surface area contributed by atoms with Crippen LogP contribution in [0.1, 0.15) is 12.5 Å². The molecule has 0 atom stereocenters. The molecule has 2 amide bonds. The van der Waals surface area contributed by atoms with Crippen molar-refractivity contribution >= 4 is 55.7 Å². The van der Waals surface area contributed by atoms with E-state index in [2.05, 4.69) is 4.99 Å². The zero-order chi connectivity index (χ0) is 23.8. The molecule has 33 heavy (non-hydrogen) atoms. The van der Waals surface area contributed by atoms with Crippen molar-refractivity contribution in [2.24, 2.45) is 10.7 Å². The van der Waals surface area contributed by atoms with Gasteiger partial charge < -0.3 is 10.6 Å². The lowest BCUT2D eigenvalue weighted by Crippen LogP contribution is -2.52. The maximum absolute atomic E-state index is 13.2. The zero-order valence-corrected chi connectivity index (χ0v) is 19.3. The molecule has 4 rings (SSSR count). The molecule has 2 N–H and O–H groups in total. The van der Waals surface area contributed by atoms with E-state index >= 15 is 0 Å². The van der Waals surface area contributed by atoms with Gasteiger partial charge in [0.2, 0.25) is 21.8 Å². The fourth-order valence-electron chi connectivity index (χ4n) is 3.68. The summed E-state index contributed by atoms with van der Waals surface area (Å²) < 4.78 is 27.5. The Morgan fingerprint density at radius 1 is 1.00 bits per heavy atom. The van der Waals surface area contributed by atoms with Crippen molar-refractivity contribution in [3.05, 3.63) is 71.2 Å². The number of halogens is 1. The van der Waals surface area contributed by atoms with Crippen LogP contribution < -0.4 is 10.6 Å². The first kappa shape index (κ1) is 22.9. The van der Waals surface area contributed by atoms with E-state index in [1.54, 1.807) is 54.6 Å². The Morgan fingerprint density at radius 2 is 1.67 bits per heavy atom. The lowest BCUT2D eigenvalue weighted by Gasteiger charge is -2.33. The first-order valence-electron chi connectivity index (χ1n) is 10.1. The molecule has 0 spiro atoms. The van der Waals surface area contributed by atoms with Gasteiger partial charge in [-0.2, -0.15) is 9.30 Å². The zero-order valence-electron chi connectivity index (χ0n) is 17.7. The molecule has 1 fully saturated rings. The third-order valence-electron chi connectivity index (χ3n) is 5.35. The Bertz CT molecular complexity index is 1390. The molecule has 0 aromatic heterocycles. The normalized spacial score (nSPS) is 15.8. The number of carbonyl (C=O) groups is 2. The molecular weight excluding hydrogens is 464 g/mol. The number of anilines is 1. The molecule has 0 bridgehead atoms. The SMILES string of the molecule is CC(=O)N=C(N)c1ccc(N2CCN(S(=O)(=O)c3ccc4cc(Cl)ccc4c3)CC2=O)cc1. The van der Waals surface area contributed by atoms with Crippen LogP contribution in [0.2, 0.25) is 5.02 Å². The number of rotatable bonds is 4. The average Bonchev–Trinajstić information content (AvgIpc) is 2.78. The topological polar surface area (TPSA) is 113 Å². The lowest BCUT2D eigenvalue weighted by molar-refractivity contribution is -0.120. The Balaban J connectivity index is 1.51. The molecule has 3 aromatic carbocycles. The van der Waals surface area contributed by atoms with Gasteiger partial charge in [-0.1, -0.05) is 23.7 Å². The predicted molar refractivity (Wildman–Crippen MR) is 128 cm³/mol. The number of hydrogen-bond donors (Lipinski definition) is 1. The summed E-state index contributed by atoms with van der Waals surface area (Å²) >= 11 is 6.00. The van der Waals surface area contributed by atoms with Crippen LogP contribution in [0.3, 0.4) is 0 Å². The van der Waals surface area contributed by atoms with E-state index in [9.17, 15) is 18.0 Å². The number of sulfonamides is 1. The summed E-state index contributed by atoms with van der Waals surface area (Å²) in [5, 5.41) is 2.15. The highest BCUT2D eigenvalue weighted by atomic mass is 35.5. The minimum absolute atomic E-state index is 0.0916. The summed E-state index contributed by atoms with van der Waals surface area (Å²) in [5.41, 5.74) is 6.95. The van der Waals surface area contributed by atoms with Crippen molar-refractivity contribution in [1.82, 2.24) is 4.31 Å². The smallest absolute Gasteiger partial charge is 0.244 e. The third-order valence-corrected chi connectivity index (χ3v) is 7.43. The number of carbonyl (C=O) groups excluding carboxylic acids is 2. The minimum Gasteiger partial charge on any atom is -0.383 e. The largest absolute Gasteiger partial charge is 0.383 e. The van der Waals surface area contributed by atoms with Gasteiger partial charge in [-0.15, -0.1) is 0 Å². The molecular formula is C23H21ClN4O4S. The van der Waals surface area contributed by atoms with Crippen molar-refractivity contribution in [2.75, 3.05) is 24.5 Å². The van der Waals surface area contributed by atoms with Crippen molar-refractivity contribution in [3.8, 4) is 0 Å². The van der Waals surface area contributed by atoms with Crippen LogP contribution in [0.5, 0.6) is 0 Å². The summed E-state index contributed by atoms with van der Waals surface area (Å²) in [6, 6.07) is 16.7. The molecule has 1 saturated heterocycles. The number of amidine groups is 1. The number of aliphatic imine (C=N–C) groups is 1. The second kappa shape index (κ2) is 8.93. The number of benzene rings is 3. The summed E-state index contributed by atoms with van der Waals surface area (Å²) in [6.45, 7) is 1.40. The Labute approximate surface area is 196 Å². The third kappa shape index (κ3) is 4.75. The van der Waals surface area contributed by atoms with Gasteiger partial charge in [0.05, 0.1) is 11.4 Å². The van der Waals surface area contributed by atoms with Crippen LogP contribution >= 0.6 is 11.6 Å². The molecule has 8 nitrogen and oxygen atoms in total. The van der Waals surface area contributed by atoms with Gasteiger partial charge in [0.15, 0.2) is 0 Å². The molecule has 1 aliphatic rings. The number of hydrogen-bond acceptors (Lipinski definition) is 4. The van der Waals surface area contributed by atoms with Crippen LogP contribution in [0.15, 0.2) is 70.6 Å². The average molecular weight is 485 g/mol. The van der Waals surface area contributed by atoms with Crippen LogP contribution in [-0.2, 0) is 19.6 Å². The second-order valence-electron chi connectivity index (χ2n) is 7.60. The van der Waals surface area contributed by atoms with Gasteiger partial charge in [0.25, 0.3) is 0 Å². The maximum Gasteiger partial charge on any atom is 0.244 e. The van der Waals surface area contributed by atoms with E-state index in [-0.39, 0.29) is 36.3 Å². The lowest BCUT2D eigenvalue weighted by atomic mass is 10.1. The van der Waals surface area contributed by atoms with Gasteiger partial charge in [0, 0.05) is 36.3 Å². The molecule has 1 aliphatic heterocycles. The predicted octanol–water partition coefficient (Wildman–Crippen LogP) is 2.78. The van der Waals surface area contributed by atoms with Crippen molar-refractivity contribution < 1.29 is 18.0 Å². The summed E-state index contributed by atoms with van der Waals surface area (Å²) in [7, 11) is -3.84. The monoisotopic (exact) mass is 484 g/mol. The van der Waals surface area contributed by atoms with Crippen LogP contribution in [0.4, 0.5) is 5.69 Å². The highest BCUT2D eigenvalue weighted by molar-refractivity contribution is 7.89. The number of nitrogens with zero attached hydrogens (tertiary/aromatic N) is 3. The Hall–Kier alpha value is -3.27. The molecule has 10 heteroatoms. The first-order chi connectivity index (χ1) is 15.6. The minimum atomic E-state index is -3.84. The van der Waals surface area contributed by atoms with E-state index in [4.69, 9.17) is 17.3 Å². The van der Waals surface area contributed by atoms with Crippen molar-refractivity contribution in [3.63, 3.8) is 0 Å². The van der Waals surface area contributed by atoms with Gasteiger partial charge >= 0.3 is 0 Å². The highest BCUT2D eigenvalue weighted by Crippen LogP contribution is 2.26. The maximum atomic E-state index is 13.2. The van der Waals surface area contributed by atoms with Crippen molar-refractivity contribution in [2.45, 2.75) is 11.8 Å². The molecule has 170 valence electrons. The molecule has 1 heterocycles. The fraction of sp³-hybridized carbons (Fsp3) is 0.174. The van der Waals surface area contributed by atoms with E-state index in [1.165, 1.54) is 22.2 Å². The van der Waals surface area contributed by atoms with Gasteiger partial charge in [-0.05, 0) is 59.3 Å². The molecule has 0 radical (unpaired) electrons. The summed E-state index contributed by atoms with van der Waals surface area (Å²) in [6.07, 6.45) is 0. The van der Waals surface area contributed by atoms with Gasteiger partial charge in [0.1, 0.15) is 5.84 Å². The first-order valence-corrected chi connectivity index (χ1v) is 11.9.